The van der Waals surface area contributed by atoms with Gasteiger partial charge in [0, 0.05) is 48.9 Å². The van der Waals surface area contributed by atoms with Crippen molar-refractivity contribution in [3.05, 3.63) is 48.2 Å². The van der Waals surface area contributed by atoms with E-state index in [0.717, 1.165) is 43.4 Å². The van der Waals surface area contributed by atoms with E-state index in [1.54, 1.807) is 6.20 Å². The molecule has 0 saturated carbocycles. The number of carboxylic acids is 2. The Balaban J connectivity index is 0.000000293. The smallest absolute Gasteiger partial charge is 0.328 e. The van der Waals surface area contributed by atoms with Crippen molar-refractivity contribution in [3.8, 4) is 0 Å². The number of hydrogen-bond donors (Lipinski definition) is 3. The van der Waals surface area contributed by atoms with E-state index in [9.17, 15) is 19.2 Å². The molecule has 4 heterocycles. The summed E-state index contributed by atoms with van der Waals surface area (Å²) in [6.45, 7) is 3.11. The average Bonchev–Trinajstić information content (AvgIpc) is 3.10. The van der Waals surface area contributed by atoms with E-state index in [4.69, 9.17) is 10.2 Å². The van der Waals surface area contributed by atoms with Gasteiger partial charge in [0.2, 0.25) is 0 Å². The molecule has 0 spiro atoms. The molecular weight excluding hydrogens is 402 g/mol. The summed E-state index contributed by atoms with van der Waals surface area (Å²) in [6.07, 6.45) is 5.11. The summed E-state index contributed by atoms with van der Waals surface area (Å²) in [5.41, 5.74) is 1.45. The molecule has 1 unspecified atom stereocenters. The quantitative estimate of drug-likeness (QED) is 0.372. The van der Waals surface area contributed by atoms with Crippen molar-refractivity contribution >= 4 is 34.5 Å². The number of amides is 1. The second-order valence-corrected chi connectivity index (χ2v) is 7.73. The van der Waals surface area contributed by atoms with Crippen molar-refractivity contribution in [2.45, 2.75) is 18.9 Å². The largest absolute Gasteiger partial charge is 0.478 e. The normalized spacial score (nSPS) is 22.0. The van der Waals surface area contributed by atoms with Gasteiger partial charge in [-0.25, -0.2) is 9.59 Å². The molecule has 31 heavy (non-hydrogen) atoms. The molecule has 0 radical (unpaired) electrons. The number of carboxylic acid groups (broad SMARTS) is 2. The Morgan fingerprint density at radius 2 is 1.65 bits per heavy atom. The van der Waals surface area contributed by atoms with Gasteiger partial charge in [0.1, 0.15) is 0 Å². The second kappa shape index (κ2) is 9.57. The van der Waals surface area contributed by atoms with Gasteiger partial charge in [0.15, 0.2) is 0 Å². The highest BCUT2D eigenvalue weighted by Crippen LogP contribution is 2.27. The molecular formula is C22H25N3O6. The summed E-state index contributed by atoms with van der Waals surface area (Å²) in [6, 6.07) is 7.79. The van der Waals surface area contributed by atoms with E-state index in [1.165, 1.54) is 0 Å². The number of para-hydroxylation sites is 1. The fraction of sp³-hybridized carbons (Fsp3) is 0.364. The standard InChI is InChI=1S/C18H21N3O2.C4H4O4/c1-20-10-14(13-4-2-3-5-16(13)20)17(22)18(23)19-15-11-21-8-6-12(15)7-9-21;5-3(6)1-2-4(7)8/h2-5,10,12,15H,6-9,11H2,1H3,(H,19,23);1-2H,(H,5,6)(H,7,8)/b;2-1-. The van der Waals surface area contributed by atoms with Crippen LogP contribution in [0.3, 0.4) is 0 Å². The monoisotopic (exact) mass is 427 g/mol. The van der Waals surface area contributed by atoms with Gasteiger partial charge in [-0.05, 0) is 37.9 Å². The van der Waals surface area contributed by atoms with Crippen LogP contribution >= 0.6 is 0 Å². The molecule has 1 atom stereocenters. The molecule has 3 fully saturated rings. The summed E-state index contributed by atoms with van der Waals surface area (Å²) >= 11 is 0. The number of nitrogens with zero attached hydrogens (tertiary/aromatic N) is 2. The molecule has 1 aromatic heterocycles. The van der Waals surface area contributed by atoms with Crippen LogP contribution < -0.4 is 5.32 Å². The number of rotatable bonds is 5. The number of fused-ring (bicyclic) bond motifs is 4. The Hall–Kier alpha value is -3.46. The third-order valence-corrected chi connectivity index (χ3v) is 5.69. The van der Waals surface area contributed by atoms with Gasteiger partial charge in [-0.1, -0.05) is 18.2 Å². The minimum atomic E-state index is -1.26. The van der Waals surface area contributed by atoms with Crippen LogP contribution in [0.1, 0.15) is 23.2 Å². The minimum Gasteiger partial charge on any atom is -0.478 e. The number of aliphatic carboxylic acids is 2. The van der Waals surface area contributed by atoms with E-state index in [0.29, 0.717) is 23.6 Å². The maximum Gasteiger partial charge on any atom is 0.328 e. The predicted octanol–water partition coefficient (Wildman–Crippen LogP) is 1.28. The maximum atomic E-state index is 12.6. The van der Waals surface area contributed by atoms with Crippen LogP contribution in [0.5, 0.6) is 0 Å². The third-order valence-electron chi connectivity index (χ3n) is 5.69. The Kier molecular flexibility index (Phi) is 6.86. The number of piperidine rings is 3. The molecule has 3 saturated heterocycles. The van der Waals surface area contributed by atoms with Crippen LogP contribution in [-0.2, 0) is 21.4 Å². The Labute approximate surface area is 178 Å². The van der Waals surface area contributed by atoms with Crippen LogP contribution in [-0.4, -0.2) is 69.0 Å². The molecule has 3 aliphatic heterocycles. The number of aryl methyl sites for hydroxylation is 1. The average molecular weight is 427 g/mol. The van der Waals surface area contributed by atoms with Crippen LogP contribution in [0.4, 0.5) is 0 Å². The Morgan fingerprint density at radius 1 is 1.03 bits per heavy atom. The highest BCUT2D eigenvalue weighted by atomic mass is 16.4. The summed E-state index contributed by atoms with van der Waals surface area (Å²) in [5, 5.41) is 19.4. The van der Waals surface area contributed by atoms with Gasteiger partial charge in [-0.2, -0.15) is 0 Å². The van der Waals surface area contributed by atoms with E-state index in [-0.39, 0.29) is 6.04 Å². The van der Waals surface area contributed by atoms with Crippen LogP contribution in [0.15, 0.2) is 42.6 Å². The van der Waals surface area contributed by atoms with Gasteiger partial charge in [0.05, 0.1) is 5.56 Å². The van der Waals surface area contributed by atoms with Crippen LogP contribution in [0.2, 0.25) is 0 Å². The van der Waals surface area contributed by atoms with Gasteiger partial charge in [-0.3, -0.25) is 9.59 Å². The molecule has 1 amide bonds. The Morgan fingerprint density at radius 3 is 2.19 bits per heavy atom. The fourth-order valence-electron chi connectivity index (χ4n) is 4.15. The van der Waals surface area contributed by atoms with Crippen molar-refractivity contribution in [2.24, 2.45) is 13.0 Å². The number of benzene rings is 1. The molecule has 3 aliphatic rings. The summed E-state index contributed by atoms with van der Waals surface area (Å²) in [5.74, 6) is -2.90. The summed E-state index contributed by atoms with van der Waals surface area (Å²) in [7, 11) is 1.89. The van der Waals surface area contributed by atoms with Crippen molar-refractivity contribution in [1.82, 2.24) is 14.8 Å². The molecule has 0 aliphatic carbocycles. The number of aromatic nitrogens is 1. The van der Waals surface area contributed by atoms with Crippen molar-refractivity contribution < 1.29 is 29.4 Å². The van der Waals surface area contributed by atoms with Gasteiger partial charge in [0.25, 0.3) is 11.7 Å². The lowest BCUT2D eigenvalue weighted by molar-refractivity contribution is -0.134. The van der Waals surface area contributed by atoms with Crippen molar-refractivity contribution in [1.29, 1.82) is 0 Å². The Bertz CT molecular complexity index is 1020. The number of hydrogen-bond acceptors (Lipinski definition) is 5. The molecule has 164 valence electrons. The van der Waals surface area contributed by atoms with E-state index >= 15 is 0 Å². The first kappa shape index (κ1) is 22.2. The van der Waals surface area contributed by atoms with E-state index < -0.39 is 23.6 Å². The topological polar surface area (TPSA) is 129 Å². The highest BCUT2D eigenvalue weighted by molar-refractivity contribution is 6.45. The molecule has 9 heteroatoms. The SMILES string of the molecule is Cn1cc(C(=O)C(=O)NC2CN3CCC2CC3)c2ccccc21.O=C(O)/C=C\C(=O)O. The zero-order valence-electron chi connectivity index (χ0n) is 17.2. The number of Topliss-reactive ketones (excluding diaryl/α,β-unsaturated/α-hetero) is 1. The van der Waals surface area contributed by atoms with Gasteiger partial charge >= 0.3 is 11.9 Å². The third kappa shape index (κ3) is 5.37. The number of ketones is 1. The molecule has 9 nitrogen and oxygen atoms in total. The highest BCUT2D eigenvalue weighted by Gasteiger charge is 2.36. The van der Waals surface area contributed by atoms with Crippen molar-refractivity contribution in [2.75, 3.05) is 19.6 Å². The lowest BCUT2D eigenvalue weighted by atomic mass is 9.84. The molecule has 2 aromatic rings. The summed E-state index contributed by atoms with van der Waals surface area (Å²) in [4.78, 5) is 46.5. The lowest BCUT2D eigenvalue weighted by Gasteiger charge is -2.44. The lowest BCUT2D eigenvalue weighted by Crippen LogP contribution is -2.58. The first-order valence-electron chi connectivity index (χ1n) is 10.0. The summed E-state index contributed by atoms with van der Waals surface area (Å²) < 4.78 is 1.89. The van der Waals surface area contributed by atoms with Crippen LogP contribution in [0, 0.1) is 5.92 Å². The maximum absolute atomic E-state index is 12.6. The second-order valence-electron chi connectivity index (χ2n) is 7.73. The molecule has 1 aromatic carbocycles. The number of carbonyl (C=O) groups is 4. The van der Waals surface area contributed by atoms with E-state index in [2.05, 4.69) is 10.2 Å². The van der Waals surface area contributed by atoms with E-state index in [1.807, 2.05) is 35.9 Å². The first-order chi connectivity index (χ1) is 14.8. The number of carbonyl (C=O) groups excluding carboxylic acids is 2. The molecule has 2 bridgehead atoms. The van der Waals surface area contributed by atoms with Gasteiger partial charge < -0.3 is 25.0 Å². The number of nitrogens with one attached hydrogen (secondary N) is 1. The fourth-order valence-corrected chi connectivity index (χ4v) is 4.15. The van der Waals surface area contributed by atoms with Crippen LogP contribution in [0.25, 0.3) is 10.9 Å². The predicted molar refractivity (Wildman–Crippen MR) is 113 cm³/mol. The van der Waals surface area contributed by atoms with Crippen molar-refractivity contribution in [3.63, 3.8) is 0 Å². The molecule has 3 N–H and O–H groups in total. The molecule has 5 rings (SSSR count). The zero-order valence-corrected chi connectivity index (χ0v) is 17.2. The first-order valence-corrected chi connectivity index (χ1v) is 10.0. The zero-order chi connectivity index (χ0) is 22.5. The van der Waals surface area contributed by atoms with Gasteiger partial charge in [-0.15, -0.1) is 0 Å². The minimum absolute atomic E-state index is 0.115.